The molecule has 1 heterocycles. The predicted octanol–water partition coefficient (Wildman–Crippen LogP) is 2.01. The number of primary amides is 1. The van der Waals surface area contributed by atoms with Crippen molar-refractivity contribution in [2.45, 2.75) is 13.0 Å². The zero-order valence-electron chi connectivity index (χ0n) is 16.6. The summed E-state index contributed by atoms with van der Waals surface area (Å²) in [4.78, 5) is 39.8. The van der Waals surface area contributed by atoms with Crippen LogP contribution in [0, 0.1) is 0 Å². The van der Waals surface area contributed by atoms with E-state index in [1.807, 2.05) is 29.2 Å². The van der Waals surface area contributed by atoms with E-state index in [0.717, 1.165) is 29.7 Å². The standard InChI is InChI=1S/C22H25BrN4O3/c23-19-7-5-18(6-8-19)22(30)25-10-9-20(28)27-13-11-26(12-14-27)15-16-1-3-17(4-2-16)21(24)29/h1-8H,9-15H2,(H2,24,29)(H,25,30). The molecule has 0 radical (unpaired) electrons. The highest BCUT2D eigenvalue weighted by Crippen LogP contribution is 2.12. The van der Waals surface area contributed by atoms with Crippen LogP contribution in [0.25, 0.3) is 0 Å². The highest BCUT2D eigenvalue weighted by molar-refractivity contribution is 9.10. The Morgan fingerprint density at radius 3 is 2.10 bits per heavy atom. The largest absolute Gasteiger partial charge is 0.366 e. The minimum atomic E-state index is -0.429. The molecule has 1 aliphatic rings. The molecule has 3 amide bonds. The zero-order chi connectivity index (χ0) is 21.5. The number of nitrogens with zero attached hydrogens (tertiary/aromatic N) is 2. The number of hydrogen-bond acceptors (Lipinski definition) is 4. The number of halogens is 1. The van der Waals surface area contributed by atoms with Crippen molar-refractivity contribution in [1.82, 2.24) is 15.1 Å². The summed E-state index contributed by atoms with van der Waals surface area (Å²) in [5.41, 5.74) is 7.45. The van der Waals surface area contributed by atoms with E-state index >= 15 is 0 Å². The lowest BCUT2D eigenvalue weighted by Crippen LogP contribution is -2.48. The minimum absolute atomic E-state index is 0.0524. The van der Waals surface area contributed by atoms with Gasteiger partial charge in [0.1, 0.15) is 0 Å². The molecule has 1 fully saturated rings. The van der Waals surface area contributed by atoms with Gasteiger partial charge in [0.05, 0.1) is 0 Å². The maximum atomic E-state index is 12.4. The van der Waals surface area contributed by atoms with Crippen molar-refractivity contribution in [3.8, 4) is 0 Å². The molecule has 0 unspecified atom stereocenters. The van der Waals surface area contributed by atoms with Gasteiger partial charge in [0.15, 0.2) is 0 Å². The summed E-state index contributed by atoms with van der Waals surface area (Å²) in [5, 5.41) is 2.80. The van der Waals surface area contributed by atoms with Gasteiger partial charge in [0, 0.05) is 61.3 Å². The molecule has 158 valence electrons. The summed E-state index contributed by atoms with van der Waals surface area (Å²) in [6.45, 7) is 3.99. The van der Waals surface area contributed by atoms with Gasteiger partial charge in [-0.25, -0.2) is 0 Å². The van der Waals surface area contributed by atoms with Crippen LogP contribution in [-0.2, 0) is 11.3 Å². The lowest BCUT2D eigenvalue weighted by Gasteiger charge is -2.34. The van der Waals surface area contributed by atoms with Gasteiger partial charge >= 0.3 is 0 Å². The van der Waals surface area contributed by atoms with Crippen LogP contribution in [0.3, 0.4) is 0 Å². The van der Waals surface area contributed by atoms with E-state index in [2.05, 4.69) is 26.1 Å². The Morgan fingerprint density at radius 2 is 1.50 bits per heavy atom. The van der Waals surface area contributed by atoms with Crippen LogP contribution in [0.4, 0.5) is 0 Å². The van der Waals surface area contributed by atoms with Gasteiger partial charge in [0.2, 0.25) is 11.8 Å². The maximum absolute atomic E-state index is 12.4. The SMILES string of the molecule is NC(=O)c1ccc(CN2CCN(C(=O)CCNC(=O)c3ccc(Br)cc3)CC2)cc1. The first-order valence-corrected chi connectivity index (χ1v) is 10.6. The Balaban J connectivity index is 1.38. The summed E-state index contributed by atoms with van der Waals surface area (Å²) in [7, 11) is 0. The van der Waals surface area contributed by atoms with Crippen molar-refractivity contribution in [3.05, 3.63) is 69.7 Å². The molecule has 0 spiro atoms. The third kappa shape index (κ3) is 6.14. The molecule has 7 nitrogen and oxygen atoms in total. The Hall–Kier alpha value is -2.71. The van der Waals surface area contributed by atoms with Gasteiger partial charge in [-0.15, -0.1) is 0 Å². The summed E-state index contributed by atoms with van der Waals surface area (Å²) < 4.78 is 0.913. The maximum Gasteiger partial charge on any atom is 0.251 e. The van der Waals surface area contributed by atoms with Crippen molar-refractivity contribution < 1.29 is 14.4 Å². The number of nitrogens with one attached hydrogen (secondary N) is 1. The molecule has 1 aliphatic heterocycles. The van der Waals surface area contributed by atoms with Gasteiger partial charge in [-0.1, -0.05) is 28.1 Å². The number of carbonyl (C=O) groups excluding carboxylic acids is 3. The average Bonchev–Trinajstić information content (AvgIpc) is 2.75. The van der Waals surface area contributed by atoms with Gasteiger partial charge in [0.25, 0.3) is 5.91 Å². The molecule has 3 rings (SSSR count). The first-order chi connectivity index (χ1) is 14.4. The van der Waals surface area contributed by atoms with Gasteiger partial charge in [-0.3, -0.25) is 19.3 Å². The van der Waals surface area contributed by atoms with Crippen molar-refractivity contribution in [2.75, 3.05) is 32.7 Å². The van der Waals surface area contributed by atoms with E-state index in [1.165, 1.54) is 0 Å². The van der Waals surface area contributed by atoms with Crippen LogP contribution in [0.5, 0.6) is 0 Å². The van der Waals surface area contributed by atoms with E-state index in [0.29, 0.717) is 30.8 Å². The van der Waals surface area contributed by atoms with Crippen molar-refractivity contribution in [2.24, 2.45) is 5.73 Å². The second-order valence-corrected chi connectivity index (χ2v) is 8.15. The average molecular weight is 473 g/mol. The molecule has 0 aliphatic carbocycles. The second kappa shape index (κ2) is 10.4. The van der Waals surface area contributed by atoms with E-state index in [4.69, 9.17) is 5.73 Å². The summed E-state index contributed by atoms with van der Waals surface area (Å²) >= 11 is 3.34. The monoisotopic (exact) mass is 472 g/mol. The van der Waals surface area contributed by atoms with Crippen molar-refractivity contribution in [1.29, 1.82) is 0 Å². The number of nitrogens with two attached hydrogens (primary N) is 1. The number of carbonyl (C=O) groups is 3. The van der Waals surface area contributed by atoms with E-state index in [1.54, 1.807) is 24.3 Å². The van der Waals surface area contributed by atoms with Crippen molar-refractivity contribution >= 4 is 33.7 Å². The Kier molecular flexibility index (Phi) is 7.59. The first kappa shape index (κ1) is 22.0. The normalized spacial score (nSPS) is 14.4. The molecular formula is C22H25BrN4O3. The quantitative estimate of drug-likeness (QED) is 0.643. The molecule has 3 N–H and O–H groups in total. The van der Waals surface area contributed by atoms with E-state index < -0.39 is 5.91 Å². The fourth-order valence-corrected chi connectivity index (χ4v) is 3.60. The van der Waals surface area contributed by atoms with E-state index in [-0.39, 0.29) is 18.2 Å². The third-order valence-corrected chi connectivity index (χ3v) is 5.63. The fraction of sp³-hybridized carbons (Fsp3) is 0.318. The Morgan fingerprint density at radius 1 is 0.900 bits per heavy atom. The summed E-state index contributed by atoms with van der Waals surface area (Å²) in [6.07, 6.45) is 0.289. The van der Waals surface area contributed by atoms with Crippen LogP contribution in [-0.4, -0.2) is 60.2 Å². The predicted molar refractivity (Wildman–Crippen MR) is 118 cm³/mol. The van der Waals surface area contributed by atoms with E-state index in [9.17, 15) is 14.4 Å². The first-order valence-electron chi connectivity index (χ1n) is 9.85. The second-order valence-electron chi connectivity index (χ2n) is 7.23. The summed E-state index contributed by atoms with van der Waals surface area (Å²) in [6, 6.07) is 14.4. The number of rotatable bonds is 7. The lowest BCUT2D eigenvalue weighted by atomic mass is 10.1. The Labute approximate surface area is 184 Å². The van der Waals surface area contributed by atoms with Crippen LogP contribution < -0.4 is 11.1 Å². The molecule has 2 aromatic rings. The minimum Gasteiger partial charge on any atom is -0.366 e. The molecule has 1 saturated heterocycles. The molecule has 0 bridgehead atoms. The number of hydrogen-bond donors (Lipinski definition) is 2. The number of amides is 3. The van der Waals surface area contributed by atoms with Crippen LogP contribution in [0.15, 0.2) is 53.0 Å². The molecule has 0 atom stereocenters. The van der Waals surface area contributed by atoms with Crippen LogP contribution >= 0.6 is 15.9 Å². The van der Waals surface area contributed by atoms with Crippen LogP contribution in [0.2, 0.25) is 0 Å². The molecule has 30 heavy (non-hydrogen) atoms. The van der Waals surface area contributed by atoms with Crippen molar-refractivity contribution in [3.63, 3.8) is 0 Å². The number of benzene rings is 2. The highest BCUT2D eigenvalue weighted by Gasteiger charge is 2.21. The smallest absolute Gasteiger partial charge is 0.251 e. The molecule has 0 saturated carbocycles. The third-order valence-electron chi connectivity index (χ3n) is 5.10. The van der Waals surface area contributed by atoms with Crippen LogP contribution in [0.1, 0.15) is 32.7 Å². The van der Waals surface area contributed by atoms with Gasteiger partial charge in [-0.2, -0.15) is 0 Å². The summed E-state index contributed by atoms with van der Waals surface area (Å²) in [5.74, 6) is -0.555. The van der Waals surface area contributed by atoms with Gasteiger partial charge < -0.3 is 16.0 Å². The fourth-order valence-electron chi connectivity index (χ4n) is 3.33. The lowest BCUT2D eigenvalue weighted by molar-refractivity contribution is -0.132. The molecule has 8 heteroatoms. The topological polar surface area (TPSA) is 95.7 Å². The molecule has 0 aromatic heterocycles. The van der Waals surface area contributed by atoms with Gasteiger partial charge in [-0.05, 0) is 42.0 Å². The number of piperazine rings is 1. The Bertz CT molecular complexity index is 892. The molecule has 2 aromatic carbocycles. The highest BCUT2D eigenvalue weighted by atomic mass is 79.9. The molecular weight excluding hydrogens is 448 g/mol. The zero-order valence-corrected chi connectivity index (χ0v) is 18.2.